The van der Waals surface area contributed by atoms with Crippen molar-refractivity contribution in [2.75, 3.05) is 14.2 Å². The lowest BCUT2D eigenvalue weighted by Crippen LogP contribution is -2.05. The number of pyridine rings is 1. The van der Waals surface area contributed by atoms with E-state index in [1.54, 1.807) is 12.1 Å². The van der Waals surface area contributed by atoms with Gasteiger partial charge in [0.15, 0.2) is 11.5 Å². The molecule has 0 radical (unpaired) electrons. The van der Waals surface area contributed by atoms with Crippen molar-refractivity contribution in [2.24, 2.45) is 0 Å². The number of ether oxygens (including phenoxy) is 3. The molecule has 1 atom stereocenters. The molecule has 2 rings (SSSR count). The Hall–Kier alpha value is -2.22. The minimum atomic E-state index is -2.93. The highest BCUT2D eigenvalue weighted by Crippen LogP contribution is 2.30. The fourth-order valence-corrected chi connectivity index (χ4v) is 3.05. The molecule has 2 aromatic rings. The van der Waals surface area contributed by atoms with Crippen molar-refractivity contribution in [3.05, 3.63) is 42.2 Å². The van der Waals surface area contributed by atoms with E-state index in [1.807, 2.05) is 0 Å². The van der Waals surface area contributed by atoms with E-state index < -0.39 is 17.4 Å². The van der Waals surface area contributed by atoms with E-state index >= 15 is 0 Å². The van der Waals surface area contributed by atoms with Crippen LogP contribution in [0.1, 0.15) is 5.69 Å². The molecule has 0 spiro atoms. The number of rotatable bonds is 7. The Labute approximate surface area is 134 Å². The van der Waals surface area contributed by atoms with E-state index in [1.165, 1.54) is 38.6 Å². The van der Waals surface area contributed by atoms with Gasteiger partial charge in [-0.05, 0) is 18.2 Å². The third kappa shape index (κ3) is 4.38. The van der Waals surface area contributed by atoms with Gasteiger partial charge in [-0.15, -0.1) is 0 Å². The highest BCUT2D eigenvalue weighted by molar-refractivity contribution is 7.84. The van der Waals surface area contributed by atoms with Crippen LogP contribution < -0.4 is 14.2 Å². The van der Waals surface area contributed by atoms with Crippen LogP contribution in [-0.2, 0) is 16.6 Å². The van der Waals surface area contributed by atoms with Gasteiger partial charge in [-0.25, -0.2) is 0 Å². The van der Waals surface area contributed by atoms with Crippen LogP contribution in [0.25, 0.3) is 0 Å². The average Bonchev–Trinajstić information content (AvgIpc) is 2.54. The zero-order valence-corrected chi connectivity index (χ0v) is 13.3. The fourth-order valence-electron chi connectivity index (χ4n) is 1.95. The zero-order chi connectivity index (χ0) is 16.8. The van der Waals surface area contributed by atoms with Crippen LogP contribution in [0.3, 0.4) is 0 Å². The average molecular weight is 343 g/mol. The van der Waals surface area contributed by atoms with Crippen molar-refractivity contribution in [3.63, 3.8) is 0 Å². The number of hydrogen-bond acceptors (Lipinski definition) is 5. The molecule has 0 aliphatic rings. The second-order valence-electron chi connectivity index (χ2n) is 4.34. The summed E-state index contributed by atoms with van der Waals surface area (Å²) < 4.78 is 51.6. The van der Waals surface area contributed by atoms with Crippen LogP contribution in [0.5, 0.6) is 17.2 Å². The van der Waals surface area contributed by atoms with Crippen molar-refractivity contribution in [3.8, 4) is 17.2 Å². The molecule has 0 bridgehead atoms. The number of halogens is 2. The molecular weight excluding hydrogens is 328 g/mol. The van der Waals surface area contributed by atoms with Gasteiger partial charge in [-0.3, -0.25) is 9.19 Å². The first-order valence-electron chi connectivity index (χ1n) is 6.54. The minimum Gasteiger partial charge on any atom is -0.493 e. The lowest BCUT2D eigenvalue weighted by molar-refractivity contribution is -0.0499. The molecule has 1 aromatic heterocycles. The van der Waals surface area contributed by atoms with E-state index in [9.17, 15) is 13.0 Å². The second kappa shape index (κ2) is 7.87. The lowest BCUT2D eigenvalue weighted by atomic mass is 10.3. The summed E-state index contributed by atoms with van der Waals surface area (Å²) in [4.78, 5) is 4.50. The number of aromatic nitrogens is 1. The van der Waals surface area contributed by atoms with Crippen molar-refractivity contribution in [1.29, 1.82) is 0 Å². The van der Waals surface area contributed by atoms with E-state index in [-0.39, 0.29) is 11.5 Å². The number of methoxy groups -OCH3 is 2. The smallest absolute Gasteiger partial charge is 0.387 e. The maximum absolute atomic E-state index is 12.5. The van der Waals surface area contributed by atoms with E-state index in [0.29, 0.717) is 22.1 Å². The van der Waals surface area contributed by atoms with Gasteiger partial charge in [0.2, 0.25) is 0 Å². The molecule has 0 N–H and O–H groups in total. The Morgan fingerprint density at radius 1 is 1.22 bits per heavy atom. The summed E-state index contributed by atoms with van der Waals surface area (Å²) in [6.45, 7) is -2.93. The molecule has 0 amide bonds. The van der Waals surface area contributed by atoms with Crippen LogP contribution >= 0.6 is 0 Å². The van der Waals surface area contributed by atoms with Crippen LogP contribution in [0.15, 0.2) is 41.4 Å². The Bertz CT molecular complexity index is 697. The first-order chi connectivity index (χ1) is 11.0. The number of nitrogens with zero attached hydrogens (tertiary/aromatic N) is 1. The summed E-state index contributed by atoms with van der Waals surface area (Å²) in [5.74, 6) is 0.877. The number of benzene rings is 1. The molecule has 1 unspecified atom stereocenters. The molecule has 5 nitrogen and oxygen atoms in total. The fraction of sp³-hybridized carbons (Fsp3) is 0.267. The van der Waals surface area contributed by atoms with Crippen molar-refractivity contribution in [2.45, 2.75) is 17.3 Å². The Balaban J connectivity index is 2.23. The molecule has 0 aliphatic heterocycles. The summed E-state index contributed by atoms with van der Waals surface area (Å²) in [5.41, 5.74) is 0.449. The highest BCUT2D eigenvalue weighted by Gasteiger charge is 2.16. The Morgan fingerprint density at radius 2 is 2.00 bits per heavy atom. The molecule has 8 heteroatoms. The van der Waals surface area contributed by atoms with Crippen molar-refractivity contribution >= 4 is 10.8 Å². The minimum absolute atomic E-state index is 0.0450. The normalized spacial score (nSPS) is 12.0. The van der Waals surface area contributed by atoms with Gasteiger partial charge in [0.1, 0.15) is 5.75 Å². The maximum Gasteiger partial charge on any atom is 0.387 e. The molecule has 0 saturated carbocycles. The molecule has 124 valence electrons. The van der Waals surface area contributed by atoms with E-state index in [2.05, 4.69) is 9.72 Å². The Kier molecular flexibility index (Phi) is 5.86. The molecular formula is C15H15F2NO4S. The first-order valence-corrected chi connectivity index (χ1v) is 7.86. The largest absolute Gasteiger partial charge is 0.493 e. The van der Waals surface area contributed by atoms with Gasteiger partial charge in [-0.2, -0.15) is 8.78 Å². The van der Waals surface area contributed by atoms with Gasteiger partial charge < -0.3 is 14.2 Å². The summed E-state index contributed by atoms with van der Waals surface area (Å²) in [6.07, 6.45) is 1.52. The predicted molar refractivity (Wildman–Crippen MR) is 80.5 cm³/mol. The van der Waals surface area contributed by atoms with Crippen LogP contribution in [-0.4, -0.2) is 30.0 Å². The van der Waals surface area contributed by atoms with Crippen LogP contribution in [0, 0.1) is 0 Å². The molecule has 0 fully saturated rings. The van der Waals surface area contributed by atoms with Gasteiger partial charge >= 0.3 is 6.61 Å². The second-order valence-corrected chi connectivity index (χ2v) is 5.79. The van der Waals surface area contributed by atoms with Crippen LogP contribution in [0.2, 0.25) is 0 Å². The van der Waals surface area contributed by atoms with E-state index in [4.69, 9.17) is 9.47 Å². The van der Waals surface area contributed by atoms with Gasteiger partial charge in [0.05, 0.1) is 36.5 Å². The molecule has 0 saturated heterocycles. The predicted octanol–water partition coefficient (Wildman–Crippen LogP) is 3.01. The first kappa shape index (κ1) is 17.1. The maximum atomic E-state index is 12.5. The van der Waals surface area contributed by atoms with Crippen molar-refractivity contribution < 1.29 is 27.2 Å². The summed E-state index contributed by atoms with van der Waals surface area (Å²) in [7, 11) is 1.45. The summed E-state index contributed by atoms with van der Waals surface area (Å²) in [6, 6.07) is 7.39. The quantitative estimate of drug-likeness (QED) is 0.773. The third-order valence-electron chi connectivity index (χ3n) is 2.93. The summed E-state index contributed by atoms with van der Waals surface area (Å²) in [5, 5.41) is 0. The molecule has 0 aliphatic carbocycles. The van der Waals surface area contributed by atoms with Gasteiger partial charge in [0, 0.05) is 17.2 Å². The summed E-state index contributed by atoms with van der Waals surface area (Å²) >= 11 is 0. The van der Waals surface area contributed by atoms with Gasteiger partial charge in [0.25, 0.3) is 0 Å². The van der Waals surface area contributed by atoms with Crippen LogP contribution in [0.4, 0.5) is 8.78 Å². The SMILES string of the molecule is COc1ccnc(CS(=O)c2cccc(OC(F)F)c2)c1OC. The molecule has 23 heavy (non-hydrogen) atoms. The number of alkyl halides is 2. The standard InChI is InChI=1S/C15H15F2NO4S/c1-20-13-6-7-18-12(14(13)21-2)9-23(19)11-5-3-4-10(8-11)22-15(16)17/h3-8,15H,9H2,1-2H3. The van der Waals surface area contributed by atoms with E-state index in [0.717, 1.165) is 0 Å². The topological polar surface area (TPSA) is 57.7 Å². The van der Waals surface area contributed by atoms with Crippen molar-refractivity contribution in [1.82, 2.24) is 4.98 Å². The zero-order valence-electron chi connectivity index (χ0n) is 12.5. The Morgan fingerprint density at radius 3 is 2.65 bits per heavy atom. The number of hydrogen-bond donors (Lipinski definition) is 0. The third-order valence-corrected chi connectivity index (χ3v) is 4.24. The monoisotopic (exact) mass is 343 g/mol. The molecule has 1 heterocycles. The molecule has 1 aromatic carbocycles. The highest BCUT2D eigenvalue weighted by atomic mass is 32.2. The van der Waals surface area contributed by atoms with Gasteiger partial charge in [-0.1, -0.05) is 6.07 Å². The lowest BCUT2D eigenvalue weighted by Gasteiger charge is -2.11.